The number of aromatic amines is 1. The quantitative estimate of drug-likeness (QED) is 0.879. The Bertz CT molecular complexity index is 712. The maximum Gasteiger partial charge on any atom is 0.262 e. The van der Waals surface area contributed by atoms with Crippen molar-refractivity contribution in [2.75, 3.05) is 13.1 Å². The van der Waals surface area contributed by atoms with Crippen LogP contribution in [0.1, 0.15) is 50.4 Å². The average molecular weight is 287 g/mol. The lowest BCUT2D eigenvalue weighted by molar-refractivity contribution is 0.476. The van der Waals surface area contributed by atoms with E-state index in [2.05, 4.69) is 22.3 Å². The molecule has 2 N–H and O–H groups in total. The van der Waals surface area contributed by atoms with Crippen LogP contribution >= 0.6 is 0 Å². The maximum atomic E-state index is 12.3. The molecule has 4 rings (SSSR count). The number of nitrogens with one attached hydrogen (secondary N) is 2. The molecule has 6 nitrogen and oxygen atoms in total. The van der Waals surface area contributed by atoms with Crippen LogP contribution < -0.4 is 10.9 Å². The minimum atomic E-state index is -0.0571. The second kappa shape index (κ2) is 4.94. The first-order chi connectivity index (χ1) is 10.2. The first kappa shape index (κ1) is 13.0. The first-order valence-electron chi connectivity index (χ1n) is 7.92. The molecule has 2 aliphatic rings. The highest BCUT2D eigenvalue weighted by Gasteiger charge is 2.28. The smallest absolute Gasteiger partial charge is 0.262 e. The normalized spacial score (nSPS) is 26.9. The predicted octanol–water partition coefficient (Wildman–Crippen LogP) is 1.56. The Labute approximate surface area is 123 Å². The van der Waals surface area contributed by atoms with Crippen molar-refractivity contribution in [1.82, 2.24) is 25.1 Å². The van der Waals surface area contributed by atoms with Crippen LogP contribution in [0.25, 0.3) is 11.0 Å². The Balaban J connectivity index is 1.83. The van der Waals surface area contributed by atoms with Crippen molar-refractivity contribution in [2.45, 2.75) is 44.6 Å². The Hall–Kier alpha value is -1.69. The fraction of sp³-hybridized carbons (Fsp3) is 0.667. The molecule has 0 bridgehead atoms. The molecule has 2 atom stereocenters. The lowest BCUT2D eigenvalue weighted by Gasteiger charge is -2.15. The van der Waals surface area contributed by atoms with Crippen molar-refractivity contribution in [3.05, 3.63) is 22.4 Å². The van der Waals surface area contributed by atoms with Crippen LogP contribution in [0, 0.1) is 5.92 Å². The average Bonchev–Trinajstić information content (AvgIpc) is 3.16. The van der Waals surface area contributed by atoms with Crippen molar-refractivity contribution in [3.63, 3.8) is 0 Å². The van der Waals surface area contributed by atoms with Crippen LogP contribution in [0.2, 0.25) is 0 Å². The first-order valence-corrected chi connectivity index (χ1v) is 7.92. The second-order valence-electron chi connectivity index (χ2n) is 6.46. The highest BCUT2D eigenvalue weighted by Crippen LogP contribution is 2.31. The Morgan fingerprint density at radius 3 is 2.81 bits per heavy atom. The third-order valence-electron chi connectivity index (χ3n) is 5.02. The highest BCUT2D eigenvalue weighted by molar-refractivity contribution is 5.73. The molecule has 3 heterocycles. The minimum Gasteiger partial charge on any atom is -0.316 e. The number of aromatic nitrogens is 4. The number of rotatable bonds is 2. The molecule has 2 unspecified atom stereocenters. The maximum absolute atomic E-state index is 12.3. The summed E-state index contributed by atoms with van der Waals surface area (Å²) >= 11 is 0. The van der Waals surface area contributed by atoms with E-state index in [0.717, 1.165) is 37.4 Å². The van der Waals surface area contributed by atoms with Crippen LogP contribution in [0.15, 0.2) is 11.0 Å². The molecule has 1 aliphatic heterocycles. The number of hydrogen-bond donors (Lipinski definition) is 2. The van der Waals surface area contributed by atoms with Gasteiger partial charge >= 0.3 is 0 Å². The fourth-order valence-corrected chi connectivity index (χ4v) is 3.72. The van der Waals surface area contributed by atoms with Crippen LogP contribution in [-0.4, -0.2) is 32.8 Å². The van der Waals surface area contributed by atoms with E-state index in [1.807, 2.05) is 4.68 Å². The fourth-order valence-electron chi connectivity index (χ4n) is 3.72. The van der Waals surface area contributed by atoms with E-state index in [-0.39, 0.29) is 11.5 Å². The molecule has 1 saturated heterocycles. The van der Waals surface area contributed by atoms with Gasteiger partial charge in [0, 0.05) is 12.5 Å². The molecule has 1 saturated carbocycles. The predicted molar refractivity (Wildman–Crippen MR) is 80.4 cm³/mol. The molecule has 0 amide bonds. The third kappa shape index (κ3) is 2.09. The summed E-state index contributed by atoms with van der Waals surface area (Å²) in [5.74, 6) is 1.59. The van der Waals surface area contributed by atoms with Crippen LogP contribution in [0.4, 0.5) is 0 Å². The molecular formula is C15H21N5O. The van der Waals surface area contributed by atoms with Gasteiger partial charge in [-0.15, -0.1) is 0 Å². The largest absolute Gasteiger partial charge is 0.316 e. The number of hydrogen-bond acceptors (Lipinski definition) is 4. The van der Waals surface area contributed by atoms with E-state index in [9.17, 15) is 4.79 Å². The monoisotopic (exact) mass is 287 g/mol. The van der Waals surface area contributed by atoms with Gasteiger partial charge in [0.15, 0.2) is 5.65 Å². The van der Waals surface area contributed by atoms with Crippen LogP contribution in [0.5, 0.6) is 0 Å². The Morgan fingerprint density at radius 1 is 1.29 bits per heavy atom. The van der Waals surface area contributed by atoms with Crippen molar-refractivity contribution < 1.29 is 0 Å². The zero-order valence-corrected chi connectivity index (χ0v) is 12.3. The molecule has 0 spiro atoms. The van der Waals surface area contributed by atoms with Crippen molar-refractivity contribution in [3.8, 4) is 0 Å². The minimum absolute atomic E-state index is 0.0571. The molecule has 2 aromatic heterocycles. The summed E-state index contributed by atoms with van der Waals surface area (Å²) in [5, 5.41) is 8.43. The highest BCUT2D eigenvalue weighted by atomic mass is 16.1. The van der Waals surface area contributed by atoms with Crippen molar-refractivity contribution in [1.29, 1.82) is 0 Å². The van der Waals surface area contributed by atoms with E-state index in [0.29, 0.717) is 17.3 Å². The van der Waals surface area contributed by atoms with Gasteiger partial charge in [-0.3, -0.25) is 4.79 Å². The molecule has 2 aromatic rings. The summed E-state index contributed by atoms with van der Waals surface area (Å²) in [5.41, 5.74) is 0.707. The summed E-state index contributed by atoms with van der Waals surface area (Å²) in [4.78, 5) is 20.1. The zero-order chi connectivity index (χ0) is 14.4. The molecule has 21 heavy (non-hydrogen) atoms. The molecule has 0 aromatic carbocycles. The molecule has 2 fully saturated rings. The standard InChI is InChI=1S/C15H21N5O/c1-9-6-16-7-11(9)13-18-14-12(15(21)19-13)8-17-20(14)10-4-2-3-5-10/h8-11,16H,2-7H2,1H3,(H,18,19,21). The summed E-state index contributed by atoms with van der Waals surface area (Å²) in [7, 11) is 0. The van der Waals surface area contributed by atoms with E-state index in [4.69, 9.17) is 4.98 Å². The summed E-state index contributed by atoms with van der Waals surface area (Å²) < 4.78 is 1.98. The van der Waals surface area contributed by atoms with Gasteiger partial charge in [0.05, 0.1) is 12.2 Å². The number of fused-ring (bicyclic) bond motifs is 1. The van der Waals surface area contributed by atoms with Crippen molar-refractivity contribution >= 4 is 11.0 Å². The van der Waals surface area contributed by atoms with Gasteiger partial charge in [0.25, 0.3) is 5.56 Å². The Morgan fingerprint density at radius 2 is 2.10 bits per heavy atom. The van der Waals surface area contributed by atoms with Gasteiger partial charge < -0.3 is 10.3 Å². The summed E-state index contributed by atoms with van der Waals surface area (Å²) in [6, 6.07) is 0.406. The summed E-state index contributed by atoms with van der Waals surface area (Å²) in [6.07, 6.45) is 6.43. The molecule has 112 valence electrons. The van der Waals surface area contributed by atoms with Gasteiger partial charge in [-0.05, 0) is 25.3 Å². The van der Waals surface area contributed by atoms with E-state index >= 15 is 0 Å². The molecule has 1 aliphatic carbocycles. The molecular weight excluding hydrogens is 266 g/mol. The van der Waals surface area contributed by atoms with Gasteiger partial charge in [-0.2, -0.15) is 5.10 Å². The van der Waals surface area contributed by atoms with E-state index in [1.54, 1.807) is 6.20 Å². The lowest BCUT2D eigenvalue weighted by Crippen LogP contribution is -2.19. The molecule has 0 radical (unpaired) electrons. The van der Waals surface area contributed by atoms with Gasteiger partial charge in [0.1, 0.15) is 11.2 Å². The van der Waals surface area contributed by atoms with Gasteiger partial charge in [-0.25, -0.2) is 9.67 Å². The van der Waals surface area contributed by atoms with Gasteiger partial charge in [0.2, 0.25) is 0 Å². The number of H-pyrrole nitrogens is 1. The van der Waals surface area contributed by atoms with Gasteiger partial charge in [-0.1, -0.05) is 19.8 Å². The van der Waals surface area contributed by atoms with Crippen molar-refractivity contribution in [2.24, 2.45) is 5.92 Å². The summed E-state index contributed by atoms with van der Waals surface area (Å²) in [6.45, 7) is 4.06. The number of nitrogens with zero attached hydrogens (tertiary/aromatic N) is 3. The Kier molecular flexibility index (Phi) is 3.06. The van der Waals surface area contributed by atoms with Crippen LogP contribution in [0.3, 0.4) is 0 Å². The van der Waals surface area contributed by atoms with E-state index in [1.165, 1.54) is 12.8 Å². The SMILES string of the molecule is CC1CNCC1c1nc2c(cnn2C2CCCC2)c(=O)[nH]1. The van der Waals surface area contributed by atoms with Crippen LogP contribution in [-0.2, 0) is 0 Å². The topological polar surface area (TPSA) is 75.6 Å². The zero-order valence-electron chi connectivity index (χ0n) is 12.3. The molecule has 6 heteroatoms. The second-order valence-corrected chi connectivity index (χ2v) is 6.46. The lowest BCUT2D eigenvalue weighted by atomic mass is 9.97. The third-order valence-corrected chi connectivity index (χ3v) is 5.02. The van der Waals surface area contributed by atoms with E-state index < -0.39 is 0 Å².